The van der Waals surface area contributed by atoms with Gasteiger partial charge in [0.2, 0.25) is 5.91 Å². The standard InChI is InChI=1S/C24H18N6O3S2/c1-13(22(31)30-24-28-18(12-34-24)14-5-7-15(32-2)8-6-14)35-23-17(11-26)20(19-4-3-9-33-19)16(10-25)21(27)29-23/h3-9,12-13H,1-2H3,(H2,27,29)(H,28,30,31). The number of thiazole rings is 1. The van der Waals surface area contributed by atoms with E-state index in [1.807, 2.05) is 35.7 Å². The number of nitrogens with zero attached hydrogens (tertiary/aromatic N) is 4. The summed E-state index contributed by atoms with van der Waals surface area (Å²) in [5.41, 5.74) is 8.04. The van der Waals surface area contributed by atoms with Crippen LogP contribution in [0.15, 0.2) is 57.5 Å². The molecule has 0 aliphatic heterocycles. The predicted octanol–water partition coefficient (Wildman–Crippen LogP) is 4.92. The quantitative estimate of drug-likeness (QED) is 0.335. The number of nitrogens with two attached hydrogens (primary N) is 1. The highest BCUT2D eigenvalue weighted by molar-refractivity contribution is 8.00. The molecule has 1 aromatic carbocycles. The average Bonchev–Trinajstić information content (AvgIpc) is 3.56. The van der Waals surface area contributed by atoms with Crippen molar-refractivity contribution in [2.24, 2.45) is 0 Å². The van der Waals surface area contributed by atoms with Gasteiger partial charge in [0.1, 0.15) is 40.1 Å². The SMILES string of the molecule is COc1ccc(-c2csc(NC(=O)C(C)Sc3nc(N)c(C#N)c(-c4ccco4)c3C#N)n2)cc1. The molecule has 1 amide bonds. The van der Waals surface area contributed by atoms with E-state index in [9.17, 15) is 15.3 Å². The van der Waals surface area contributed by atoms with Crippen LogP contribution in [-0.4, -0.2) is 28.2 Å². The van der Waals surface area contributed by atoms with Crippen molar-refractivity contribution in [1.82, 2.24) is 9.97 Å². The highest BCUT2D eigenvalue weighted by Crippen LogP contribution is 2.37. The number of hydrogen-bond acceptors (Lipinski definition) is 10. The zero-order chi connectivity index (χ0) is 24.9. The summed E-state index contributed by atoms with van der Waals surface area (Å²) < 4.78 is 10.6. The first-order valence-corrected chi connectivity index (χ1v) is 12.0. The van der Waals surface area contributed by atoms with Crippen LogP contribution < -0.4 is 15.8 Å². The normalized spacial score (nSPS) is 11.3. The van der Waals surface area contributed by atoms with E-state index < -0.39 is 5.25 Å². The van der Waals surface area contributed by atoms with Gasteiger partial charge >= 0.3 is 0 Å². The monoisotopic (exact) mass is 502 g/mol. The fraction of sp³-hybridized carbons (Fsp3) is 0.125. The molecular weight excluding hydrogens is 484 g/mol. The molecule has 4 aromatic rings. The molecule has 3 aromatic heterocycles. The van der Waals surface area contributed by atoms with E-state index in [-0.39, 0.29) is 33.4 Å². The van der Waals surface area contributed by atoms with Gasteiger partial charge in [-0.1, -0.05) is 11.8 Å². The van der Waals surface area contributed by atoms with Gasteiger partial charge in [-0.3, -0.25) is 4.79 Å². The predicted molar refractivity (Wildman–Crippen MR) is 134 cm³/mol. The van der Waals surface area contributed by atoms with Gasteiger partial charge in [0, 0.05) is 10.9 Å². The second-order valence-electron chi connectivity index (χ2n) is 7.14. The Labute approximate surface area is 209 Å². The smallest absolute Gasteiger partial charge is 0.239 e. The summed E-state index contributed by atoms with van der Waals surface area (Å²) in [6.45, 7) is 1.68. The number of hydrogen-bond donors (Lipinski definition) is 2. The lowest BCUT2D eigenvalue weighted by molar-refractivity contribution is -0.115. The topological polar surface area (TPSA) is 151 Å². The van der Waals surface area contributed by atoms with E-state index in [2.05, 4.69) is 21.4 Å². The number of nitriles is 2. The van der Waals surface area contributed by atoms with Gasteiger partial charge in [-0.05, 0) is 43.3 Å². The van der Waals surface area contributed by atoms with Crippen LogP contribution in [0.5, 0.6) is 5.75 Å². The number of furan rings is 1. The molecule has 3 heterocycles. The minimum Gasteiger partial charge on any atom is -0.497 e. The number of aromatic nitrogens is 2. The molecule has 0 saturated heterocycles. The van der Waals surface area contributed by atoms with Crippen LogP contribution in [0.3, 0.4) is 0 Å². The maximum absolute atomic E-state index is 12.9. The van der Waals surface area contributed by atoms with Crippen molar-refractivity contribution < 1.29 is 13.9 Å². The zero-order valence-corrected chi connectivity index (χ0v) is 20.2. The molecule has 4 rings (SSSR count). The van der Waals surface area contributed by atoms with Crippen LogP contribution in [0, 0.1) is 22.7 Å². The molecule has 1 atom stereocenters. The summed E-state index contributed by atoms with van der Waals surface area (Å²) in [7, 11) is 1.60. The highest BCUT2D eigenvalue weighted by Gasteiger charge is 2.25. The van der Waals surface area contributed by atoms with E-state index in [0.29, 0.717) is 10.9 Å². The second kappa shape index (κ2) is 10.3. The van der Waals surface area contributed by atoms with Crippen molar-refractivity contribution in [3.05, 3.63) is 59.2 Å². The third kappa shape index (κ3) is 4.96. The Morgan fingerprint density at radius 3 is 2.57 bits per heavy atom. The first-order chi connectivity index (χ1) is 16.9. The Morgan fingerprint density at radius 2 is 1.94 bits per heavy atom. The molecule has 174 valence electrons. The van der Waals surface area contributed by atoms with E-state index in [1.54, 1.807) is 26.2 Å². The Kier molecular flexibility index (Phi) is 7.01. The third-order valence-electron chi connectivity index (χ3n) is 4.96. The van der Waals surface area contributed by atoms with Gasteiger partial charge in [0.25, 0.3) is 0 Å². The lowest BCUT2D eigenvalue weighted by Gasteiger charge is -2.14. The summed E-state index contributed by atoms with van der Waals surface area (Å²) in [6.07, 6.45) is 1.44. The van der Waals surface area contributed by atoms with E-state index >= 15 is 0 Å². The fourth-order valence-electron chi connectivity index (χ4n) is 3.20. The number of carbonyl (C=O) groups excluding carboxylic acids is 1. The number of nitrogen functional groups attached to an aromatic ring is 1. The van der Waals surface area contributed by atoms with Crippen LogP contribution in [0.25, 0.3) is 22.6 Å². The number of carbonyl (C=O) groups is 1. The number of rotatable bonds is 7. The van der Waals surface area contributed by atoms with Gasteiger partial charge in [-0.25, -0.2) is 9.97 Å². The van der Waals surface area contributed by atoms with Crippen molar-refractivity contribution in [1.29, 1.82) is 10.5 Å². The van der Waals surface area contributed by atoms with Crippen LogP contribution in [0.4, 0.5) is 10.9 Å². The van der Waals surface area contributed by atoms with Crippen molar-refractivity contribution in [3.63, 3.8) is 0 Å². The van der Waals surface area contributed by atoms with Crippen LogP contribution in [0.1, 0.15) is 18.1 Å². The molecule has 9 nitrogen and oxygen atoms in total. The van der Waals surface area contributed by atoms with Gasteiger partial charge in [0.05, 0.1) is 35.4 Å². The Hall–Kier alpha value is -4.32. The van der Waals surface area contributed by atoms with Crippen molar-refractivity contribution in [3.8, 4) is 40.5 Å². The number of ether oxygens (including phenoxy) is 1. The fourth-order valence-corrected chi connectivity index (χ4v) is 4.84. The number of benzene rings is 1. The van der Waals surface area contributed by atoms with E-state index in [1.165, 1.54) is 17.6 Å². The molecule has 0 bridgehead atoms. The highest BCUT2D eigenvalue weighted by atomic mass is 32.2. The summed E-state index contributed by atoms with van der Waals surface area (Å²) in [6, 6.07) is 14.8. The number of amides is 1. The molecule has 0 saturated carbocycles. The molecule has 0 aliphatic carbocycles. The number of thioether (sulfide) groups is 1. The van der Waals surface area contributed by atoms with Crippen molar-refractivity contribution in [2.75, 3.05) is 18.2 Å². The molecular formula is C24H18N6O3S2. The summed E-state index contributed by atoms with van der Waals surface area (Å²) in [5.74, 6) is 0.697. The Balaban J connectivity index is 1.54. The summed E-state index contributed by atoms with van der Waals surface area (Å²) in [5, 5.41) is 24.1. The molecule has 1 unspecified atom stereocenters. The van der Waals surface area contributed by atoms with E-state index in [4.69, 9.17) is 14.9 Å². The minimum absolute atomic E-state index is 0.0444. The minimum atomic E-state index is -0.639. The van der Waals surface area contributed by atoms with Gasteiger partial charge in [-0.2, -0.15) is 10.5 Å². The first-order valence-electron chi connectivity index (χ1n) is 10.2. The maximum Gasteiger partial charge on any atom is 0.239 e. The van der Waals surface area contributed by atoms with Gasteiger partial charge in [-0.15, -0.1) is 11.3 Å². The van der Waals surface area contributed by atoms with Crippen LogP contribution in [0.2, 0.25) is 0 Å². The van der Waals surface area contributed by atoms with Crippen molar-refractivity contribution in [2.45, 2.75) is 17.2 Å². The molecule has 0 fully saturated rings. The second-order valence-corrected chi connectivity index (χ2v) is 9.33. The molecule has 0 aliphatic rings. The largest absolute Gasteiger partial charge is 0.497 e. The van der Waals surface area contributed by atoms with Crippen LogP contribution in [-0.2, 0) is 4.79 Å². The average molecular weight is 503 g/mol. The lowest BCUT2D eigenvalue weighted by Crippen LogP contribution is -2.22. The molecule has 11 heteroatoms. The number of nitrogens with one attached hydrogen (secondary N) is 1. The number of anilines is 2. The molecule has 35 heavy (non-hydrogen) atoms. The first kappa shape index (κ1) is 23.8. The number of pyridine rings is 1. The third-order valence-corrected chi connectivity index (χ3v) is 6.80. The lowest BCUT2D eigenvalue weighted by atomic mass is 10.0. The molecule has 3 N–H and O–H groups in total. The van der Waals surface area contributed by atoms with Crippen LogP contribution >= 0.6 is 23.1 Å². The molecule has 0 radical (unpaired) electrons. The number of methoxy groups -OCH3 is 1. The Bertz CT molecular complexity index is 1450. The summed E-state index contributed by atoms with van der Waals surface area (Å²) in [4.78, 5) is 21.6. The molecule has 0 spiro atoms. The van der Waals surface area contributed by atoms with Gasteiger partial charge in [0.15, 0.2) is 5.13 Å². The Morgan fingerprint density at radius 1 is 1.20 bits per heavy atom. The van der Waals surface area contributed by atoms with Gasteiger partial charge < -0.3 is 20.2 Å². The maximum atomic E-state index is 12.9. The van der Waals surface area contributed by atoms with Crippen molar-refractivity contribution >= 4 is 40.0 Å². The van der Waals surface area contributed by atoms with E-state index in [0.717, 1.165) is 28.8 Å². The zero-order valence-electron chi connectivity index (χ0n) is 18.6. The summed E-state index contributed by atoms with van der Waals surface area (Å²) >= 11 is 2.36.